The smallest absolute Gasteiger partial charge is 0.0134 e. The van der Waals surface area contributed by atoms with Crippen LogP contribution in [0.4, 0.5) is 0 Å². The number of hydrogen-bond acceptors (Lipinski definition) is 1. The zero-order chi connectivity index (χ0) is 10.2. The molecule has 1 aromatic rings. The van der Waals surface area contributed by atoms with Crippen LogP contribution >= 0.6 is 0 Å². The van der Waals surface area contributed by atoms with E-state index in [-0.39, 0.29) is 0 Å². The van der Waals surface area contributed by atoms with Crippen LogP contribution in [0.2, 0.25) is 0 Å². The van der Waals surface area contributed by atoms with Crippen molar-refractivity contribution in [3.05, 3.63) is 48.6 Å². The van der Waals surface area contributed by atoms with Crippen molar-refractivity contribution in [3.8, 4) is 0 Å². The molecular weight excluding hydrogens is 170 g/mol. The van der Waals surface area contributed by atoms with Crippen LogP contribution < -0.4 is 5.32 Å². The van der Waals surface area contributed by atoms with Crippen LogP contribution in [0.5, 0.6) is 0 Å². The Bertz CT molecular complexity index is 253. The van der Waals surface area contributed by atoms with Crippen molar-refractivity contribution in [2.24, 2.45) is 0 Å². The van der Waals surface area contributed by atoms with Crippen LogP contribution in [0.1, 0.15) is 18.9 Å². The maximum absolute atomic E-state index is 3.69. The van der Waals surface area contributed by atoms with Gasteiger partial charge in [0.15, 0.2) is 0 Å². The molecule has 0 radical (unpaired) electrons. The predicted molar refractivity (Wildman–Crippen MR) is 62.4 cm³/mol. The van der Waals surface area contributed by atoms with E-state index in [9.17, 15) is 0 Å². The monoisotopic (exact) mass is 189 g/mol. The van der Waals surface area contributed by atoms with Gasteiger partial charge in [-0.05, 0) is 25.3 Å². The number of nitrogens with one attached hydrogen (secondary N) is 1. The lowest BCUT2D eigenvalue weighted by molar-refractivity contribution is 0.543. The summed E-state index contributed by atoms with van der Waals surface area (Å²) >= 11 is 0. The SMILES string of the molecule is C=CCNC(C)CCc1ccccc1. The Labute approximate surface area is 86.8 Å². The van der Waals surface area contributed by atoms with Crippen LogP contribution in [0.3, 0.4) is 0 Å². The fraction of sp³-hybridized carbons (Fsp3) is 0.385. The van der Waals surface area contributed by atoms with Crippen molar-refractivity contribution < 1.29 is 0 Å². The average molecular weight is 189 g/mol. The van der Waals surface area contributed by atoms with Gasteiger partial charge in [0.05, 0.1) is 0 Å². The zero-order valence-corrected chi connectivity index (χ0v) is 8.87. The molecule has 0 bridgehead atoms. The lowest BCUT2D eigenvalue weighted by Crippen LogP contribution is -2.26. The molecule has 0 saturated carbocycles. The highest BCUT2D eigenvalue weighted by molar-refractivity contribution is 5.14. The third kappa shape index (κ3) is 4.24. The molecule has 14 heavy (non-hydrogen) atoms. The first-order valence-corrected chi connectivity index (χ1v) is 5.21. The second-order valence-corrected chi connectivity index (χ2v) is 3.62. The molecule has 1 heteroatoms. The maximum atomic E-state index is 3.69. The van der Waals surface area contributed by atoms with Crippen LogP contribution in [-0.4, -0.2) is 12.6 Å². The minimum atomic E-state index is 0.563. The molecule has 1 N–H and O–H groups in total. The molecule has 1 aromatic carbocycles. The molecule has 1 unspecified atom stereocenters. The van der Waals surface area contributed by atoms with Crippen molar-refractivity contribution >= 4 is 0 Å². The Morgan fingerprint density at radius 1 is 1.36 bits per heavy atom. The van der Waals surface area contributed by atoms with Gasteiger partial charge >= 0.3 is 0 Å². The van der Waals surface area contributed by atoms with Gasteiger partial charge in [-0.25, -0.2) is 0 Å². The Balaban J connectivity index is 2.23. The highest BCUT2D eigenvalue weighted by Crippen LogP contribution is 2.04. The molecule has 0 fully saturated rings. The summed E-state index contributed by atoms with van der Waals surface area (Å²) in [5.41, 5.74) is 1.42. The first kappa shape index (κ1) is 11.0. The molecule has 1 rings (SSSR count). The average Bonchev–Trinajstić information content (AvgIpc) is 2.25. The van der Waals surface area contributed by atoms with Crippen LogP contribution in [0.15, 0.2) is 43.0 Å². The molecule has 0 saturated heterocycles. The summed E-state index contributed by atoms with van der Waals surface area (Å²) in [4.78, 5) is 0. The largest absolute Gasteiger partial charge is 0.311 e. The van der Waals surface area contributed by atoms with Crippen molar-refractivity contribution in [1.29, 1.82) is 0 Å². The van der Waals surface area contributed by atoms with Gasteiger partial charge in [-0.15, -0.1) is 6.58 Å². The molecule has 0 aliphatic rings. The van der Waals surface area contributed by atoms with E-state index in [4.69, 9.17) is 0 Å². The van der Waals surface area contributed by atoms with Crippen molar-refractivity contribution in [2.75, 3.05) is 6.54 Å². The van der Waals surface area contributed by atoms with Gasteiger partial charge in [-0.2, -0.15) is 0 Å². The normalized spacial score (nSPS) is 12.4. The van der Waals surface area contributed by atoms with Crippen LogP contribution in [0.25, 0.3) is 0 Å². The fourth-order valence-corrected chi connectivity index (χ4v) is 1.41. The van der Waals surface area contributed by atoms with Crippen LogP contribution in [-0.2, 0) is 6.42 Å². The molecular formula is C13H19N. The summed E-state index contributed by atoms with van der Waals surface area (Å²) in [7, 11) is 0. The molecule has 1 atom stereocenters. The summed E-state index contributed by atoms with van der Waals surface area (Å²) in [5, 5.41) is 3.38. The van der Waals surface area contributed by atoms with E-state index >= 15 is 0 Å². The van der Waals surface area contributed by atoms with E-state index in [0.29, 0.717) is 6.04 Å². The van der Waals surface area contributed by atoms with Crippen molar-refractivity contribution in [1.82, 2.24) is 5.32 Å². The lowest BCUT2D eigenvalue weighted by Gasteiger charge is -2.11. The number of benzene rings is 1. The summed E-state index contributed by atoms with van der Waals surface area (Å²) in [6, 6.07) is 11.2. The highest BCUT2D eigenvalue weighted by atomic mass is 14.9. The Morgan fingerprint density at radius 2 is 2.07 bits per heavy atom. The van der Waals surface area contributed by atoms with Crippen molar-refractivity contribution in [2.45, 2.75) is 25.8 Å². The minimum absolute atomic E-state index is 0.563. The molecule has 76 valence electrons. The lowest BCUT2D eigenvalue weighted by atomic mass is 10.1. The van der Waals surface area contributed by atoms with E-state index in [1.54, 1.807) is 0 Å². The molecule has 0 spiro atoms. The van der Waals surface area contributed by atoms with Gasteiger partial charge in [0.25, 0.3) is 0 Å². The molecule has 0 heterocycles. The second-order valence-electron chi connectivity index (χ2n) is 3.62. The number of hydrogen-bond donors (Lipinski definition) is 1. The molecule has 0 aliphatic heterocycles. The van der Waals surface area contributed by atoms with Gasteiger partial charge in [0.1, 0.15) is 0 Å². The molecule has 1 nitrogen and oxygen atoms in total. The number of rotatable bonds is 6. The van der Waals surface area contributed by atoms with Gasteiger partial charge in [-0.3, -0.25) is 0 Å². The third-order valence-electron chi connectivity index (χ3n) is 2.32. The molecule has 0 aliphatic carbocycles. The summed E-state index contributed by atoms with van der Waals surface area (Å²) in [5.74, 6) is 0. The third-order valence-corrected chi connectivity index (χ3v) is 2.32. The first-order chi connectivity index (χ1) is 6.83. The molecule has 0 amide bonds. The van der Waals surface area contributed by atoms with Gasteiger partial charge < -0.3 is 5.32 Å². The van der Waals surface area contributed by atoms with Crippen LogP contribution in [0, 0.1) is 0 Å². The number of aryl methyl sites for hydroxylation is 1. The summed E-state index contributed by atoms with van der Waals surface area (Å²) in [6.45, 7) is 6.80. The first-order valence-electron chi connectivity index (χ1n) is 5.21. The molecule has 0 aromatic heterocycles. The van der Waals surface area contributed by atoms with E-state index < -0.39 is 0 Å². The quantitative estimate of drug-likeness (QED) is 0.678. The standard InChI is InChI=1S/C13H19N/c1-3-11-14-12(2)9-10-13-7-5-4-6-8-13/h3-8,12,14H,1,9-11H2,2H3. The zero-order valence-electron chi connectivity index (χ0n) is 8.87. The van der Waals surface area contributed by atoms with Gasteiger partial charge in [-0.1, -0.05) is 36.4 Å². The summed E-state index contributed by atoms with van der Waals surface area (Å²) in [6.07, 6.45) is 4.23. The Kier molecular flexibility index (Phi) is 5.02. The topological polar surface area (TPSA) is 12.0 Å². The Morgan fingerprint density at radius 3 is 2.71 bits per heavy atom. The maximum Gasteiger partial charge on any atom is 0.0134 e. The Hall–Kier alpha value is -1.08. The van der Waals surface area contributed by atoms with E-state index in [0.717, 1.165) is 13.0 Å². The van der Waals surface area contributed by atoms with E-state index in [2.05, 4.69) is 49.2 Å². The second kappa shape index (κ2) is 6.39. The van der Waals surface area contributed by atoms with E-state index in [1.165, 1.54) is 12.0 Å². The summed E-state index contributed by atoms with van der Waals surface area (Å²) < 4.78 is 0. The predicted octanol–water partition coefficient (Wildman–Crippen LogP) is 2.78. The minimum Gasteiger partial charge on any atom is -0.311 e. The highest BCUT2D eigenvalue weighted by Gasteiger charge is 1.99. The van der Waals surface area contributed by atoms with E-state index in [1.807, 2.05) is 6.08 Å². The van der Waals surface area contributed by atoms with Gasteiger partial charge in [0, 0.05) is 12.6 Å². The van der Waals surface area contributed by atoms with Gasteiger partial charge in [0.2, 0.25) is 0 Å². The van der Waals surface area contributed by atoms with Crippen molar-refractivity contribution in [3.63, 3.8) is 0 Å². The fourth-order valence-electron chi connectivity index (χ4n) is 1.41.